The van der Waals surface area contributed by atoms with Crippen molar-refractivity contribution in [3.05, 3.63) is 28.7 Å². The van der Waals surface area contributed by atoms with Crippen LogP contribution in [0.1, 0.15) is 6.92 Å². The lowest BCUT2D eigenvalue weighted by atomic mass is 10.3. The summed E-state index contributed by atoms with van der Waals surface area (Å²) in [4.78, 5) is 2.16. The van der Waals surface area contributed by atoms with Gasteiger partial charge in [-0.1, -0.05) is 22.0 Å². The van der Waals surface area contributed by atoms with E-state index in [0.29, 0.717) is 6.61 Å². The van der Waals surface area contributed by atoms with Crippen LogP contribution in [0.3, 0.4) is 0 Å². The van der Waals surface area contributed by atoms with E-state index in [4.69, 9.17) is 16.3 Å². The van der Waals surface area contributed by atoms with Crippen LogP contribution in [0, 0.1) is 0 Å². The Balaban J connectivity index is 2.25. The Morgan fingerprint density at radius 2 is 2.25 bits per heavy atom. The molecule has 2 nitrogen and oxygen atoms in total. The summed E-state index contributed by atoms with van der Waals surface area (Å²) in [6, 6.07) is 7.86. The summed E-state index contributed by atoms with van der Waals surface area (Å²) in [7, 11) is 2.04. The van der Waals surface area contributed by atoms with E-state index in [2.05, 4.69) is 20.8 Å². The molecular formula is C12H17BrClNO. The fourth-order valence-corrected chi connectivity index (χ4v) is 2.01. The molecule has 0 saturated carbocycles. The summed E-state index contributed by atoms with van der Waals surface area (Å²) < 4.78 is 6.66. The molecule has 0 aliphatic heterocycles. The SMILES string of the molecule is CC(Cl)CN(C)CCOc1cccc(Br)c1. The van der Waals surface area contributed by atoms with Crippen LogP contribution < -0.4 is 4.74 Å². The zero-order valence-corrected chi connectivity index (χ0v) is 12.0. The van der Waals surface area contributed by atoms with Crippen molar-refractivity contribution in [2.75, 3.05) is 26.7 Å². The van der Waals surface area contributed by atoms with Crippen LogP contribution in [0.15, 0.2) is 28.7 Å². The quantitative estimate of drug-likeness (QED) is 0.747. The van der Waals surface area contributed by atoms with Crippen LogP contribution in [0.4, 0.5) is 0 Å². The smallest absolute Gasteiger partial charge is 0.120 e. The van der Waals surface area contributed by atoms with Gasteiger partial charge in [-0.05, 0) is 32.2 Å². The Hall–Kier alpha value is -0.250. The van der Waals surface area contributed by atoms with Gasteiger partial charge in [-0.2, -0.15) is 0 Å². The molecule has 1 unspecified atom stereocenters. The Morgan fingerprint density at radius 3 is 2.88 bits per heavy atom. The minimum Gasteiger partial charge on any atom is -0.492 e. The van der Waals surface area contributed by atoms with E-state index < -0.39 is 0 Å². The third-order valence-corrected chi connectivity index (χ3v) is 2.73. The van der Waals surface area contributed by atoms with Crippen LogP contribution in [-0.4, -0.2) is 37.0 Å². The van der Waals surface area contributed by atoms with Gasteiger partial charge >= 0.3 is 0 Å². The highest BCUT2D eigenvalue weighted by atomic mass is 79.9. The first-order chi connectivity index (χ1) is 7.58. The van der Waals surface area contributed by atoms with E-state index in [-0.39, 0.29) is 5.38 Å². The van der Waals surface area contributed by atoms with Crippen LogP contribution in [0.2, 0.25) is 0 Å². The molecule has 0 heterocycles. The summed E-state index contributed by atoms with van der Waals surface area (Å²) in [5.41, 5.74) is 0. The van der Waals surface area contributed by atoms with Crippen molar-refractivity contribution >= 4 is 27.5 Å². The molecule has 0 bridgehead atoms. The molecule has 0 radical (unpaired) electrons. The molecule has 16 heavy (non-hydrogen) atoms. The van der Waals surface area contributed by atoms with Gasteiger partial charge in [0.25, 0.3) is 0 Å². The van der Waals surface area contributed by atoms with Crippen LogP contribution in [-0.2, 0) is 0 Å². The summed E-state index contributed by atoms with van der Waals surface area (Å²) in [5, 5.41) is 0.177. The number of nitrogens with zero attached hydrogens (tertiary/aromatic N) is 1. The Kier molecular flexibility index (Phi) is 6.17. The second-order valence-electron chi connectivity index (χ2n) is 3.85. The first-order valence-electron chi connectivity index (χ1n) is 5.29. The number of rotatable bonds is 6. The number of hydrogen-bond donors (Lipinski definition) is 0. The van der Waals surface area contributed by atoms with Crippen LogP contribution in [0.25, 0.3) is 0 Å². The largest absolute Gasteiger partial charge is 0.492 e. The van der Waals surface area contributed by atoms with Crippen molar-refractivity contribution in [2.24, 2.45) is 0 Å². The molecule has 90 valence electrons. The van der Waals surface area contributed by atoms with Gasteiger partial charge in [0.05, 0.1) is 0 Å². The maximum atomic E-state index is 5.90. The number of benzene rings is 1. The third-order valence-electron chi connectivity index (χ3n) is 2.10. The molecule has 1 rings (SSSR count). The number of likely N-dealkylation sites (N-methyl/N-ethyl adjacent to an activating group) is 1. The Morgan fingerprint density at radius 1 is 1.50 bits per heavy atom. The lowest BCUT2D eigenvalue weighted by molar-refractivity contribution is 0.238. The van der Waals surface area contributed by atoms with E-state index in [1.165, 1.54) is 0 Å². The monoisotopic (exact) mass is 305 g/mol. The summed E-state index contributed by atoms with van der Waals surface area (Å²) in [6.45, 7) is 4.43. The Labute approximate surface area is 111 Å². The molecule has 4 heteroatoms. The molecule has 0 N–H and O–H groups in total. The minimum atomic E-state index is 0.177. The van der Waals surface area contributed by atoms with Gasteiger partial charge in [0, 0.05) is 22.9 Å². The summed E-state index contributed by atoms with van der Waals surface area (Å²) >= 11 is 9.31. The van der Waals surface area contributed by atoms with Crippen molar-refractivity contribution in [3.63, 3.8) is 0 Å². The summed E-state index contributed by atoms with van der Waals surface area (Å²) in [6.07, 6.45) is 0. The van der Waals surface area contributed by atoms with E-state index in [0.717, 1.165) is 23.3 Å². The lowest BCUT2D eigenvalue weighted by Crippen LogP contribution is -2.29. The molecule has 1 aromatic rings. The van der Waals surface area contributed by atoms with E-state index >= 15 is 0 Å². The lowest BCUT2D eigenvalue weighted by Gasteiger charge is -2.18. The van der Waals surface area contributed by atoms with Gasteiger partial charge in [0.2, 0.25) is 0 Å². The van der Waals surface area contributed by atoms with Gasteiger partial charge in [-0.3, -0.25) is 0 Å². The third kappa shape index (κ3) is 5.73. The van der Waals surface area contributed by atoms with Crippen molar-refractivity contribution in [3.8, 4) is 5.75 Å². The number of hydrogen-bond acceptors (Lipinski definition) is 2. The van der Waals surface area contributed by atoms with Gasteiger partial charge in [0.1, 0.15) is 12.4 Å². The van der Waals surface area contributed by atoms with Crippen LogP contribution >= 0.6 is 27.5 Å². The molecule has 0 saturated heterocycles. The van der Waals surface area contributed by atoms with Crippen molar-refractivity contribution < 1.29 is 4.74 Å². The average molecular weight is 307 g/mol. The number of alkyl halides is 1. The molecule has 0 aromatic heterocycles. The van der Waals surface area contributed by atoms with Gasteiger partial charge in [0.15, 0.2) is 0 Å². The second-order valence-corrected chi connectivity index (χ2v) is 5.51. The van der Waals surface area contributed by atoms with E-state index in [9.17, 15) is 0 Å². The molecule has 0 aliphatic carbocycles. The fraction of sp³-hybridized carbons (Fsp3) is 0.500. The zero-order chi connectivity index (χ0) is 12.0. The maximum Gasteiger partial charge on any atom is 0.120 e. The predicted octanol–water partition coefficient (Wildman–Crippen LogP) is 3.39. The standard InChI is InChI=1S/C12H17BrClNO/c1-10(14)9-15(2)6-7-16-12-5-3-4-11(13)8-12/h3-5,8,10H,6-7,9H2,1-2H3. The molecule has 0 fully saturated rings. The van der Waals surface area contributed by atoms with Gasteiger partial charge < -0.3 is 9.64 Å². The maximum absolute atomic E-state index is 5.90. The second kappa shape index (κ2) is 7.15. The van der Waals surface area contributed by atoms with Gasteiger partial charge in [-0.25, -0.2) is 0 Å². The first-order valence-corrected chi connectivity index (χ1v) is 6.52. The van der Waals surface area contributed by atoms with Gasteiger partial charge in [-0.15, -0.1) is 11.6 Å². The average Bonchev–Trinajstić information content (AvgIpc) is 2.16. The van der Waals surface area contributed by atoms with Crippen molar-refractivity contribution in [1.29, 1.82) is 0 Å². The molecule has 0 spiro atoms. The molecule has 0 amide bonds. The zero-order valence-electron chi connectivity index (χ0n) is 9.62. The molecule has 1 aromatic carbocycles. The Bertz CT molecular complexity index is 320. The molecule has 0 aliphatic rings. The van der Waals surface area contributed by atoms with Crippen molar-refractivity contribution in [2.45, 2.75) is 12.3 Å². The number of ether oxygens (including phenoxy) is 1. The first kappa shape index (κ1) is 13.8. The highest BCUT2D eigenvalue weighted by molar-refractivity contribution is 9.10. The highest BCUT2D eigenvalue weighted by Crippen LogP contribution is 2.17. The highest BCUT2D eigenvalue weighted by Gasteiger charge is 2.03. The predicted molar refractivity (Wildman–Crippen MR) is 72.4 cm³/mol. The minimum absolute atomic E-state index is 0.177. The van der Waals surface area contributed by atoms with E-state index in [1.54, 1.807) is 0 Å². The molecule has 1 atom stereocenters. The fourth-order valence-electron chi connectivity index (χ4n) is 1.40. The number of halogens is 2. The molecular weight excluding hydrogens is 289 g/mol. The van der Waals surface area contributed by atoms with Crippen molar-refractivity contribution in [1.82, 2.24) is 4.90 Å². The summed E-state index contributed by atoms with van der Waals surface area (Å²) in [5.74, 6) is 0.890. The normalized spacial score (nSPS) is 12.8. The van der Waals surface area contributed by atoms with E-state index in [1.807, 2.05) is 38.2 Å². The topological polar surface area (TPSA) is 12.5 Å². The van der Waals surface area contributed by atoms with Crippen LogP contribution in [0.5, 0.6) is 5.75 Å².